The maximum atomic E-state index is 9.62. The van der Waals surface area contributed by atoms with Crippen LogP contribution >= 0.6 is 0 Å². The second-order valence-electron chi connectivity index (χ2n) is 3.33. The molecule has 0 amide bonds. The predicted octanol–water partition coefficient (Wildman–Crippen LogP) is 1.69. The first kappa shape index (κ1) is 9.47. The van der Waals surface area contributed by atoms with Gasteiger partial charge in [0, 0.05) is 17.5 Å². The smallest absolute Gasteiger partial charge is 0.119 e. The molecule has 1 aliphatic rings. The molecular weight excluding hydrogens is 192 g/mol. The minimum atomic E-state index is 0.161. The second-order valence-corrected chi connectivity index (χ2v) is 3.33. The monoisotopic (exact) mass is 202 g/mol. The molecule has 0 bridgehead atoms. The molecule has 2 rings (SSSR count). The Morgan fingerprint density at radius 1 is 1.20 bits per heavy atom. The van der Waals surface area contributed by atoms with Crippen LogP contribution < -0.4 is 0 Å². The first-order valence-electron chi connectivity index (χ1n) is 4.56. The lowest BCUT2D eigenvalue weighted by molar-refractivity contribution is 0.363. The zero-order chi connectivity index (χ0) is 10.8. The summed E-state index contributed by atoms with van der Waals surface area (Å²) in [5.41, 5.74) is 1.42. The summed E-state index contributed by atoms with van der Waals surface area (Å²) in [4.78, 5) is 0. The van der Waals surface area contributed by atoms with Crippen molar-refractivity contribution in [2.24, 2.45) is 0 Å². The summed E-state index contributed by atoms with van der Waals surface area (Å²) in [6, 6.07) is 2.95. The van der Waals surface area contributed by atoms with Crippen molar-refractivity contribution in [2.75, 3.05) is 0 Å². The SMILES string of the molecule is C#COC1=CCc2c(O)ccc(O)c2C1. The summed E-state index contributed by atoms with van der Waals surface area (Å²) in [6.45, 7) is 0. The molecule has 1 aromatic carbocycles. The number of aromatic hydroxyl groups is 2. The quantitative estimate of drug-likeness (QED) is 0.538. The molecule has 0 radical (unpaired) electrons. The highest BCUT2D eigenvalue weighted by molar-refractivity contribution is 5.51. The molecule has 0 aromatic heterocycles. The van der Waals surface area contributed by atoms with E-state index in [1.54, 1.807) is 6.08 Å². The highest BCUT2D eigenvalue weighted by Gasteiger charge is 2.18. The van der Waals surface area contributed by atoms with E-state index in [4.69, 9.17) is 11.2 Å². The van der Waals surface area contributed by atoms with Crippen LogP contribution in [0.1, 0.15) is 11.1 Å². The second kappa shape index (κ2) is 3.58. The van der Waals surface area contributed by atoms with Crippen LogP contribution in [-0.4, -0.2) is 10.2 Å². The molecule has 2 N–H and O–H groups in total. The van der Waals surface area contributed by atoms with Crippen molar-refractivity contribution in [3.63, 3.8) is 0 Å². The van der Waals surface area contributed by atoms with Gasteiger partial charge >= 0.3 is 0 Å². The summed E-state index contributed by atoms with van der Waals surface area (Å²) in [7, 11) is 0. The van der Waals surface area contributed by atoms with Crippen molar-refractivity contribution in [2.45, 2.75) is 12.8 Å². The van der Waals surface area contributed by atoms with Crippen molar-refractivity contribution >= 4 is 0 Å². The Morgan fingerprint density at radius 2 is 1.87 bits per heavy atom. The fourth-order valence-corrected chi connectivity index (χ4v) is 1.71. The van der Waals surface area contributed by atoms with Gasteiger partial charge in [-0.15, -0.1) is 0 Å². The lowest BCUT2D eigenvalue weighted by atomic mass is 9.94. The average molecular weight is 202 g/mol. The zero-order valence-corrected chi connectivity index (χ0v) is 8.03. The van der Waals surface area contributed by atoms with E-state index in [0.717, 1.165) is 5.56 Å². The van der Waals surface area contributed by atoms with Gasteiger partial charge in [-0.2, -0.15) is 0 Å². The minimum absolute atomic E-state index is 0.161. The van der Waals surface area contributed by atoms with Gasteiger partial charge in [-0.1, -0.05) is 6.42 Å². The molecule has 0 unspecified atom stereocenters. The van der Waals surface area contributed by atoms with Crippen molar-refractivity contribution in [1.29, 1.82) is 0 Å². The summed E-state index contributed by atoms with van der Waals surface area (Å²) in [5.74, 6) is 0.985. The van der Waals surface area contributed by atoms with Crippen LogP contribution in [0.2, 0.25) is 0 Å². The lowest BCUT2D eigenvalue weighted by Gasteiger charge is -2.17. The number of fused-ring (bicyclic) bond motifs is 1. The van der Waals surface area contributed by atoms with Crippen molar-refractivity contribution in [3.8, 4) is 24.0 Å². The number of phenolic OH excluding ortho intramolecular Hbond substituents is 2. The van der Waals surface area contributed by atoms with E-state index in [2.05, 4.69) is 6.11 Å². The van der Waals surface area contributed by atoms with Gasteiger partial charge in [-0.05, 0) is 24.6 Å². The van der Waals surface area contributed by atoms with Gasteiger partial charge in [-0.3, -0.25) is 0 Å². The zero-order valence-electron chi connectivity index (χ0n) is 8.03. The van der Waals surface area contributed by atoms with E-state index in [1.165, 1.54) is 12.1 Å². The maximum Gasteiger partial charge on any atom is 0.119 e. The summed E-state index contributed by atoms with van der Waals surface area (Å²) in [6.07, 6.45) is 9.86. The Hall–Kier alpha value is -2.08. The fourth-order valence-electron chi connectivity index (χ4n) is 1.71. The standard InChI is InChI=1S/C12H10O3/c1-2-15-8-3-4-9-10(7-8)12(14)6-5-11(9)13/h1,3,5-6,13-14H,4,7H2. The van der Waals surface area contributed by atoms with Gasteiger partial charge in [0.15, 0.2) is 0 Å². The first-order chi connectivity index (χ1) is 7.22. The van der Waals surface area contributed by atoms with E-state index in [-0.39, 0.29) is 11.5 Å². The number of ether oxygens (including phenoxy) is 1. The third-order valence-electron chi connectivity index (χ3n) is 2.46. The van der Waals surface area contributed by atoms with Gasteiger partial charge in [0.25, 0.3) is 0 Å². The Balaban J connectivity index is 2.39. The molecule has 0 saturated heterocycles. The Labute approximate surface area is 87.6 Å². The Bertz CT molecular complexity index is 466. The molecule has 1 aliphatic carbocycles. The molecule has 0 atom stereocenters. The van der Waals surface area contributed by atoms with E-state index >= 15 is 0 Å². The number of terminal acetylenes is 1. The van der Waals surface area contributed by atoms with E-state index in [0.29, 0.717) is 24.2 Å². The number of rotatable bonds is 1. The molecule has 0 aliphatic heterocycles. The summed E-state index contributed by atoms with van der Waals surface area (Å²) in [5, 5.41) is 19.2. The lowest BCUT2D eigenvalue weighted by Crippen LogP contribution is -2.04. The highest BCUT2D eigenvalue weighted by atomic mass is 16.5. The van der Waals surface area contributed by atoms with Crippen LogP contribution in [-0.2, 0) is 17.6 Å². The van der Waals surface area contributed by atoms with Gasteiger partial charge in [-0.25, -0.2) is 0 Å². The average Bonchev–Trinajstić information content (AvgIpc) is 2.24. The number of phenols is 2. The van der Waals surface area contributed by atoms with Gasteiger partial charge in [0.05, 0.1) is 0 Å². The van der Waals surface area contributed by atoms with Gasteiger partial charge in [0.1, 0.15) is 23.4 Å². The van der Waals surface area contributed by atoms with Crippen LogP contribution in [0.25, 0.3) is 0 Å². The van der Waals surface area contributed by atoms with E-state index in [9.17, 15) is 10.2 Å². The van der Waals surface area contributed by atoms with Gasteiger partial charge in [0.2, 0.25) is 0 Å². The molecule has 0 saturated carbocycles. The maximum absolute atomic E-state index is 9.62. The molecule has 3 nitrogen and oxygen atoms in total. The molecule has 3 heteroatoms. The number of allylic oxidation sites excluding steroid dienone is 2. The third kappa shape index (κ3) is 1.62. The van der Waals surface area contributed by atoms with Crippen LogP contribution in [0.5, 0.6) is 11.5 Å². The topological polar surface area (TPSA) is 49.7 Å². The number of hydrogen-bond acceptors (Lipinski definition) is 3. The third-order valence-corrected chi connectivity index (χ3v) is 2.46. The molecule has 1 aromatic rings. The summed E-state index contributed by atoms with van der Waals surface area (Å²) >= 11 is 0. The molecular formula is C12H10O3. The largest absolute Gasteiger partial charge is 0.508 e. The van der Waals surface area contributed by atoms with Gasteiger partial charge < -0.3 is 14.9 Å². The van der Waals surface area contributed by atoms with E-state index in [1.807, 2.05) is 0 Å². The van der Waals surface area contributed by atoms with Crippen LogP contribution in [0, 0.1) is 12.5 Å². The molecule has 15 heavy (non-hydrogen) atoms. The van der Waals surface area contributed by atoms with Crippen LogP contribution in [0.15, 0.2) is 24.0 Å². The Kier molecular flexibility index (Phi) is 2.26. The Morgan fingerprint density at radius 3 is 2.53 bits per heavy atom. The molecule has 0 heterocycles. The van der Waals surface area contributed by atoms with Crippen molar-refractivity contribution in [1.82, 2.24) is 0 Å². The van der Waals surface area contributed by atoms with Crippen LogP contribution in [0.4, 0.5) is 0 Å². The minimum Gasteiger partial charge on any atom is -0.508 e. The summed E-state index contributed by atoms with van der Waals surface area (Å²) < 4.78 is 4.93. The fraction of sp³-hybridized carbons (Fsp3) is 0.167. The first-order valence-corrected chi connectivity index (χ1v) is 4.56. The molecule has 76 valence electrons. The molecule has 0 spiro atoms. The number of hydrogen-bond donors (Lipinski definition) is 2. The van der Waals surface area contributed by atoms with Crippen molar-refractivity contribution < 1.29 is 14.9 Å². The highest BCUT2D eigenvalue weighted by Crippen LogP contribution is 2.34. The predicted molar refractivity (Wildman–Crippen MR) is 55.2 cm³/mol. The van der Waals surface area contributed by atoms with Crippen LogP contribution in [0.3, 0.4) is 0 Å². The molecule has 0 fully saturated rings. The van der Waals surface area contributed by atoms with Crippen molar-refractivity contribution in [3.05, 3.63) is 35.1 Å². The normalized spacial score (nSPS) is 13.7. The number of benzene rings is 1. The van der Waals surface area contributed by atoms with E-state index < -0.39 is 0 Å².